The zero-order valence-corrected chi connectivity index (χ0v) is 11.8. The Kier molecular flexibility index (Phi) is 8.40. The molecule has 6 nitrogen and oxygen atoms in total. The van der Waals surface area contributed by atoms with E-state index >= 15 is 0 Å². The highest BCUT2D eigenvalue weighted by Crippen LogP contribution is 2.05. The molecule has 0 unspecified atom stereocenters. The maximum absolute atomic E-state index is 11.8. The van der Waals surface area contributed by atoms with Gasteiger partial charge in [-0.05, 0) is 18.6 Å². The van der Waals surface area contributed by atoms with Crippen LogP contribution < -0.4 is 16.4 Å². The molecule has 0 aliphatic heterocycles. The number of nitrogens with one attached hydrogen (secondary N) is 2. The minimum Gasteiger partial charge on any atom is -0.346 e. The molecule has 0 aromatic carbocycles. The standard InChI is InChI=1S/C11H21N3O3S/c1-7(2)4-8(14-9(15)5-12)11(17)13-6-10(16)18-3/h7-8H,4-6,12H2,1-3H3,(H,13,17)(H,14,15)/t8-/m0/s1. The number of hydrogen-bond donors (Lipinski definition) is 3. The molecule has 2 amide bonds. The van der Waals surface area contributed by atoms with Gasteiger partial charge in [-0.15, -0.1) is 0 Å². The molecule has 0 spiro atoms. The zero-order valence-electron chi connectivity index (χ0n) is 11.0. The third-order valence-electron chi connectivity index (χ3n) is 2.18. The topological polar surface area (TPSA) is 101 Å². The highest BCUT2D eigenvalue weighted by molar-refractivity contribution is 8.13. The predicted octanol–water partition coefficient (Wildman–Crippen LogP) is -0.518. The molecule has 0 saturated heterocycles. The summed E-state index contributed by atoms with van der Waals surface area (Å²) >= 11 is 1.05. The van der Waals surface area contributed by atoms with E-state index in [2.05, 4.69) is 10.6 Å². The summed E-state index contributed by atoms with van der Waals surface area (Å²) in [5.41, 5.74) is 5.19. The number of nitrogens with two attached hydrogens (primary N) is 1. The van der Waals surface area contributed by atoms with E-state index in [4.69, 9.17) is 5.73 Å². The van der Waals surface area contributed by atoms with E-state index in [0.29, 0.717) is 6.42 Å². The molecule has 0 aliphatic rings. The van der Waals surface area contributed by atoms with E-state index in [1.807, 2.05) is 13.8 Å². The Morgan fingerprint density at radius 1 is 1.28 bits per heavy atom. The van der Waals surface area contributed by atoms with Crippen LogP contribution in [0.3, 0.4) is 0 Å². The van der Waals surface area contributed by atoms with Gasteiger partial charge in [-0.1, -0.05) is 25.6 Å². The maximum Gasteiger partial charge on any atom is 0.242 e. The van der Waals surface area contributed by atoms with Gasteiger partial charge in [0.05, 0.1) is 13.1 Å². The Morgan fingerprint density at radius 2 is 1.89 bits per heavy atom. The van der Waals surface area contributed by atoms with Gasteiger partial charge in [-0.25, -0.2) is 0 Å². The van der Waals surface area contributed by atoms with Crippen LogP contribution in [0.15, 0.2) is 0 Å². The molecule has 0 fully saturated rings. The smallest absolute Gasteiger partial charge is 0.242 e. The Bertz CT molecular complexity index is 308. The van der Waals surface area contributed by atoms with Crippen LogP contribution in [0.1, 0.15) is 20.3 Å². The SMILES string of the molecule is CSC(=O)CNC(=O)[C@H](CC(C)C)NC(=O)CN. The Morgan fingerprint density at radius 3 is 2.33 bits per heavy atom. The van der Waals surface area contributed by atoms with Crippen molar-refractivity contribution in [3.63, 3.8) is 0 Å². The first kappa shape index (κ1) is 16.9. The van der Waals surface area contributed by atoms with Gasteiger partial charge in [0.15, 0.2) is 0 Å². The number of thioether (sulfide) groups is 1. The van der Waals surface area contributed by atoms with Gasteiger partial charge >= 0.3 is 0 Å². The fraction of sp³-hybridized carbons (Fsp3) is 0.727. The summed E-state index contributed by atoms with van der Waals surface area (Å²) in [5, 5.41) is 4.92. The van der Waals surface area contributed by atoms with Crippen LogP contribution in [0.25, 0.3) is 0 Å². The molecule has 18 heavy (non-hydrogen) atoms. The molecular weight excluding hydrogens is 254 g/mol. The summed E-state index contributed by atoms with van der Waals surface area (Å²) in [4.78, 5) is 34.1. The maximum atomic E-state index is 11.8. The van der Waals surface area contributed by atoms with Crippen molar-refractivity contribution >= 4 is 28.7 Å². The first-order valence-electron chi connectivity index (χ1n) is 5.74. The first-order chi connectivity index (χ1) is 8.40. The first-order valence-corrected chi connectivity index (χ1v) is 6.97. The quantitative estimate of drug-likeness (QED) is 0.580. The van der Waals surface area contributed by atoms with E-state index in [1.54, 1.807) is 6.26 Å². The Balaban J connectivity index is 4.39. The van der Waals surface area contributed by atoms with Gasteiger partial charge in [-0.2, -0.15) is 0 Å². The van der Waals surface area contributed by atoms with Gasteiger partial charge in [0.2, 0.25) is 16.9 Å². The number of carbonyl (C=O) groups is 3. The van der Waals surface area contributed by atoms with E-state index in [0.717, 1.165) is 11.8 Å². The second kappa shape index (κ2) is 8.93. The molecule has 0 heterocycles. The summed E-state index contributed by atoms with van der Waals surface area (Å²) in [7, 11) is 0. The van der Waals surface area contributed by atoms with Crippen molar-refractivity contribution < 1.29 is 14.4 Å². The van der Waals surface area contributed by atoms with Gasteiger partial charge < -0.3 is 16.4 Å². The van der Waals surface area contributed by atoms with Crippen molar-refractivity contribution in [2.75, 3.05) is 19.3 Å². The highest BCUT2D eigenvalue weighted by atomic mass is 32.2. The van der Waals surface area contributed by atoms with Crippen molar-refractivity contribution in [1.82, 2.24) is 10.6 Å². The third-order valence-corrected chi connectivity index (χ3v) is 2.78. The van der Waals surface area contributed by atoms with Crippen LogP contribution in [0.4, 0.5) is 0 Å². The molecule has 0 saturated carbocycles. The van der Waals surface area contributed by atoms with Crippen molar-refractivity contribution in [1.29, 1.82) is 0 Å². The van der Waals surface area contributed by atoms with Gasteiger partial charge in [0, 0.05) is 0 Å². The van der Waals surface area contributed by atoms with Crippen molar-refractivity contribution in [3.05, 3.63) is 0 Å². The lowest BCUT2D eigenvalue weighted by Crippen LogP contribution is -2.49. The summed E-state index contributed by atoms with van der Waals surface area (Å²) in [5.74, 6) is -0.491. The fourth-order valence-corrected chi connectivity index (χ4v) is 1.53. The molecule has 4 N–H and O–H groups in total. The molecule has 0 aromatic heterocycles. The van der Waals surface area contributed by atoms with Crippen LogP contribution >= 0.6 is 11.8 Å². The predicted molar refractivity (Wildman–Crippen MR) is 72.0 cm³/mol. The molecular formula is C11H21N3O3S. The molecule has 104 valence electrons. The number of rotatable bonds is 7. The van der Waals surface area contributed by atoms with E-state index in [1.165, 1.54) is 0 Å². The lowest BCUT2D eigenvalue weighted by Gasteiger charge is -2.19. The van der Waals surface area contributed by atoms with E-state index in [-0.39, 0.29) is 35.9 Å². The third kappa shape index (κ3) is 7.29. The molecule has 0 aromatic rings. The summed E-state index contributed by atoms with van der Waals surface area (Å²) in [6.45, 7) is 3.70. The lowest BCUT2D eigenvalue weighted by atomic mass is 10.0. The second-order valence-corrected chi connectivity index (χ2v) is 5.11. The van der Waals surface area contributed by atoms with E-state index < -0.39 is 6.04 Å². The van der Waals surface area contributed by atoms with Crippen molar-refractivity contribution in [2.24, 2.45) is 11.7 Å². The minimum absolute atomic E-state index is 0.0346. The van der Waals surface area contributed by atoms with Gasteiger partial charge in [0.1, 0.15) is 6.04 Å². The summed E-state index contributed by atoms with van der Waals surface area (Å²) in [6.07, 6.45) is 2.15. The number of hydrogen-bond acceptors (Lipinski definition) is 5. The summed E-state index contributed by atoms with van der Waals surface area (Å²) in [6, 6.07) is -0.643. The normalized spacial score (nSPS) is 12.1. The van der Waals surface area contributed by atoms with Crippen molar-refractivity contribution in [2.45, 2.75) is 26.3 Å². The van der Waals surface area contributed by atoms with Crippen LogP contribution in [0.2, 0.25) is 0 Å². The van der Waals surface area contributed by atoms with Gasteiger partial charge in [0.25, 0.3) is 0 Å². The fourth-order valence-electron chi connectivity index (χ4n) is 1.31. The molecule has 7 heteroatoms. The number of amides is 2. The van der Waals surface area contributed by atoms with Gasteiger partial charge in [-0.3, -0.25) is 14.4 Å². The average molecular weight is 275 g/mol. The second-order valence-electron chi connectivity index (χ2n) is 4.25. The molecule has 0 bridgehead atoms. The average Bonchev–Trinajstić information content (AvgIpc) is 2.33. The Hall–Kier alpha value is -1.08. The van der Waals surface area contributed by atoms with Crippen LogP contribution in [-0.2, 0) is 14.4 Å². The molecule has 0 aliphatic carbocycles. The van der Waals surface area contributed by atoms with Crippen LogP contribution in [0, 0.1) is 5.92 Å². The lowest BCUT2D eigenvalue weighted by molar-refractivity contribution is -0.129. The summed E-state index contributed by atoms with van der Waals surface area (Å²) < 4.78 is 0. The van der Waals surface area contributed by atoms with Crippen molar-refractivity contribution in [3.8, 4) is 0 Å². The Labute approximate surface area is 111 Å². The van der Waals surface area contributed by atoms with Crippen LogP contribution in [-0.4, -0.2) is 42.3 Å². The van der Waals surface area contributed by atoms with Crippen LogP contribution in [0.5, 0.6) is 0 Å². The minimum atomic E-state index is -0.643. The zero-order chi connectivity index (χ0) is 14.1. The monoisotopic (exact) mass is 275 g/mol. The number of carbonyl (C=O) groups excluding carboxylic acids is 3. The van der Waals surface area contributed by atoms with E-state index in [9.17, 15) is 14.4 Å². The molecule has 0 radical (unpaired) electrons. The molecule has 0 rings (SSSR count). The largest absolute Gasteiger partial charge is 0.346 e. The highest BCUT2D eigenvalue weighted by Gasteiger charge is 2.21. The molecule has 1 atom stereocenters.